The minimum atomic E-state index is 0.300. The van der Waals surface area contributed by atoms with E-state index in [1.54, 1.807) is 7.05 Å². The van der Waals surface area contributed by atoms with Gasteiger partial charge in [0.2, 0.25) is 11.4 Å². The smallest absolute Gasteiger partial charge is 0.242 e. The van der Waals surface area contributed by atoms with Gasteiger partial charge >= 0.3 is 0 Å². The molecular weight excluding hydrogens is 154 g/mol. The molecule has 0 atom stereocenters. The fraction of sp³-hybridized carbons (Fsp3) is 0.200. The maximum atomic E-state index is 9.76. The summed E-state index contributed by atoms with van der Waals surface area (Å²) in [6.07, 6.45) is 2.79. The van der Waals surface area contributed by atoms with E-state index in [9.17, 15) is 4.79 Å². The average molecular weight is 158 g/mol. The fourth-order valence-corrected chi connectivity index (χ4v) is 0.665. The third kappa shape index (κ3) is 1.07. The van der Waals surface area contributed by atoms with Crippen molar-refractivity contribution in [1.82, 2.24) is 9.55 Å². The zero-order valence-electron chi connectivity index (χ0n) is 5.21. The lowest BCUT2D eigenvalue weighted by atomic mass is 10.7. The molecule has 1 aromatic heterocycles. The molecule has 0 unspecified atom stereocenters. The molecule has 0 bridgehead atoms. The maximum Gasteiger partial charge on any atom is 0.242 e. The van der Waals surface area contributed by atoms with Gasteiger partial charge in [0, 0.05) is 7.05 Å². The quantitative estimate of drug-likeness (QED) is 0.452. The predicted molar refractivity (Wildman–Crippen MR) is 36.0 cm³/mol. The lowest BCUT2D eigenvalue weighted by Gasteiger charge is -1.91. The molecule has 0 amide bonds. The lowest BCUT2D eigenvalue weighted by Crippen LogP contribution is -1.84. The Labute approximate surface area is 62.2 Å². The van der Waals surface area contributed by atoms with E-state index in [4.69, 9.17) is 11.6 Å². The number of aliphatic imine (C=N–C) groups is 1. The van der Waals surface area contributed by atoms with Crippen LogP contribution in [0.2, 0.25) is 5.28 Å². The van der Waals surface area contributed by atoms with Gasteiger partial charge in [-0.1, -0.05) is 0 Å². The zero-order chi connectivity index (χ0) is 7.56. The monoisotopic (exact) mass is 157 g/mol. The van der Waals surface area contributed by atoms with Gasteiger partial charge in [-0.25, -0.2) is 9.78 Å². The van der Waals surface area contributed by atoms with E-state index in [-0.39, 0.29) is 0 Å². The summed E-state index contributed by atoms with van der Waals surface area (Å²) in [6.45, 7) is 0. The van der Waals surface area contributed by atoms with Crippen molar-refractivity contribution in [2.75, 3.05) is 0 Å². The summed E-state index contributed by atoms with van der Waals surface area (Å²) >= 11 is 5.53. The average Bonchev–Trinajstić information content (AvgIpc) is 2.20. The van der Waals surface area contributed by atoms with Gasteiger partial charge in [0.15, 0.2) is 5.82 Å². The summed E-state index contributed by atoms with van der Waals surface area (Å²) in [5.41, 5.74) is 0. The normalized spacial score (nSPS) is 9.00. The first kappa shape index (κ1) is 6.99. The van der Waals surface area contributed by atoms with E-state index < -0.39 is 0 Å². The summed E-state index contributed by atoms with van der Waals surface area (Å²) in [6, 6.07) is 0. The molecule has 0 aromatic carbocycles. The molecule has 0 fully saturated rings. The number of rotatable bonds is 1. The van der Waals surface area contributed by atoms with Crippen molar-refractivity contribution in [2.24, 2.45) is 12.0 Å². The predicted octanol–water partition coefficient (Wildman–Crippen LogP) is 1.04. The minimum absolute atomic E-state index is 0.300. The summed E-state index contributed by atoms with van der Waals surface area (Å²) < 4.78 is 1.48. The van der Waals surface area contributed by atoms with Crippen LogP contribution in [0, 0.1) is 0 Å². The first-order valence-corrected chi connectivity index (χ1v) is 2.88. The van der Waals surface area contributed by atoms with Gasteiger partial charge in [-0.15, -0.1) is 4.99 Å². The second kappa shape index (κ2) is 2.64. The van der Waals surface area contributed by atoms with E-state index in [1.807, 2.05) is 0 Å². The summed E-state index contributed by atoms with van der Waals surface area (Å²) in [7, 11) is 1.66. The molecule has 0 N–H and O–H groups in total. The summed E-state index contributed by atoms with van der Waals surface area (Å²) in [4.78, 5) is 16.8. The number of hydrogen-bond acceptors (Lipinski definition) is 3. The molecule has 4 nitrogen and oxygen atoms in total. The van der Waals surface area contributed by atoms with Crippen molar-refractivity contribution in [3.8, 4) is 0 Å². The van der Waals surface area contributed by atoms with Gasteiger partial charge in [0.05, 0.1) is 6.20 Å². The number of halogens is 1. The van der Waals surface area contributed by atoms with Crippen molar-refractivity contribution in [1.29, 1.82) is 0 Å². The molecule has 0 aliphatic heterocycles. The van der Waals surface area contributed by atoms with Crippen molar-refractivity contribution in [3.05, 3.63) is 11.5 Å². The fourth-order valence-electron chi connectivity index (χ4n) is 0.529. The van der Waals surface area contributed by atoms with E-state index in [0.717, 1.165) is 0 Å². The number of carbonyl (C=O) groups excluding carboxylic acids is 1. The molecule has 1 heterocycles. The topological polar surface area (TPSA) is 47.2 Å². The maximum absolute atomic E-state index is 9.76. The van der Waals surface area contributed by atoms with Gasteiger partial charge in [-0.05, 0) is 11.6 Å². The molecule has 1 aromatic rings. The standard InChI is InChI=1S/C5H4ClN3O/c1-9-4(8-3-10)2-7-5(9)6/h2H,1H3. The van der Waals surface area contributed by atoms with Crippen LogP contribution in [0.15, 0.2) is 11.2 Å². The molecule has 5 heteroatoms. The second-order valence-corrected chi connectivity index (χ2v) is 1.99. The highest BCUT2D eigenvalue weighted by atomic mass is 35.5. The van der Waals surface area contributed by atoms with Crippen molar-refractivity contribution in [3.63, 3.8) is 0 Å². The highest BCUT2D eigenvalue weighted by Gasteiger charge is 2.00. The van der Waals surface area contributed by atoms with Crippen LogP contribution in [0.1, 0.15) is 0 Å². The molecule has 0 aliphatic rings. The highest BCUT2D eigenvalue weighted by Crippen LogP contribution is 2.14. The SMILES string of the molecule is Cn1c(N=C=O)cnc1Cl. The van der Waals surface area contributed by atoms with Gasteiger partial charge in [0.1, 0.15) is 0 Å². The molecule has 1 rings (SSSR count). The minimum Gasteiger partial charge on any atom is -0.302 e. The lowest BCUT2D eigenvalue weighted by molar-refractivity contribution is 0.565. The van der Waals surface area contributed by atoms with Crippen molar-refractivity contribution >= 4 is 23.5 Å². The number of hydrogen-bond donors (Lipinski definition) is 0. The summed E-state index contributed by atoms with van der Waals surface area (Å²) in [5, 5.41) is 0.300. The van der Waals surface area contributed by atoms with Crippen LogP contribution in [0.4, 0.5) is 5.82 Å². The van der Waals surface area contributed by atoms with E-state index in [2.05, 4.69) is 9.98 Å². The zero-order valence-corrected chi connectivity index (χ0v) is 5.96. The van der Waals surface area contributed by atoms with Crippen LogP contribution in [-0.2, 0) is 11.8 Å². The highest BCUT2D eigenvalue weighted by molar-refractivity contribution is 6.28. The number of nitrogens with zero attached hydrogens (tertiary/aromatic N) is 3. The third-order valence-electron chi connectivity index (χ3n) is 1.07. The van der Waals surface area contributed by atoms with Crippen LogP contribution >= 0.6 is 11.6 Å². The first-order valence-electron chi connectivity index (χ1n) is 2.51. The Kier molecular flexibility index (Phi) is 1.85. The molecule has 10 heavy (non-hydrogen) atoms. The Hall–Kier alpha value is -1.12. The third-order valence-corrected chi connectivity index (χ3v) is 1.42. The Balaban J connectivity index is 3.17. The van der Waals surface area contributed by atoms with E-state index in [1.165, 1.54) is 16.8 Å². The van der Waals surface area contributed by atoms with Gasteiger partial charge in [-0.3, -0.25) is 0 Å². The van der Waals surface area contributed by atoms with Crippen molar-refractivity contribution < 1.29 is 4.79 Å². The molecule has 52 valence electrons. The number of imidazole rings is 1. The van der Waals surface area contributed by atoms with Crippen molar-refractivity contribution in [2.45, 2.75) is 0 Å². The largest absolute Gasteiger partial charge is 0.302 e. The van der Waals surface area contributed by atoms with Crippen LogP contribution in [0.3, 0.4) is 0 Å². The first-order chi connectivity index (χ1) is 4.75. The molecule has 0 saturated heterocycles. The summed E-state index contributed by atoms with van der Waals surface area (Å²) in [5.74, 6) is 0.403. The van der Waals surface area contributed by atoms with E-state index in [0.29, 0.717) is 11.1 Å². The molecule has 0 spiro atoms. The molecule has 0 saturated carbocycles. The van der Waals surface area contributed by atoms with Crippen LogP contribution in [-0.4, -0.2) is 15.6 Å². The molecule has 0 radical (unpaired) electrons. The number of aromatic nitrogens is 2. The van der Waals surface area contributed by atoms with Gasteiger partial charge < -0.3 is 4.57 Å². The molecular formula is C5H4ClN3O. The second-order valence-electron chi connectivity index (χ2n) is 1.65. The van der Waals surface area contributed by atoms with Gasteiger partial charge in [-0.2, -0.15) is 0 Å². The van der Waals surface area contributed by atoms with Crippen LogP contribution < -0.4 is 0 Å². The Morgan fingerprint density at radius 1 is 1.90 bits per heavy atom. The van der Waals surface area contributed by atoms with Crippen LogP contribution in [0.5, 0.6) is 0 Å². The molecule has 0 aliphatic carbocycles. The van der Waals surface area contributed by atoms with E-state index >= 15 is 0 Å². The Morgan fingerprint density at radius 3 is 3.00 bits per heavy atom. The van der Waals surface area contributed by atoms with Crippen LogP contribution in [0.25, 0.3) is 0 Å². The number of isocyanates is 1. The Morgan fingerprint density at radius 2 is 2.60 bits per heavy atom. The van der Waals surface area contributed by atoms with Gasteiger partial charge in [0.25, 0.3) is 0 Å². The Bertz CT molecular complexity index is 287.